The number of nitrogens with one attached hydrogen (secondary N) is 2. The number of anilines is 2. The van der Waals surface area contributed by atoms with Crippen molar-refractivity contribution in [3.63, 3.8) is 0 Å². The molecule has 4 aromatic rings. The summed E-state index contributed by atoms with van der Waals surface area (Å²) in [5, 5.41) is 25.5. The Bertz CT molecular complexity index is 1680. The number of nitrogens with zero attached hydrogens (tertiary/aromatic N) is 2. The van der Waals surface area contributed by atoms with Gasteiger partial charge in [0, 0.05) is 24.6 Å². The summed E-state index contributed by atoms with van der Waals surface area (Å²) in [6, 6.07) is 16.8. The van der Waals surface area contributed by atoms with E-state index in [0.717, 1.165) is 6.07 Å². The van der Waals surface area contributed by atoms with E-state index in [-0.39, 0.29) is 35.0 Å². The van der Waals surface area contributed by atoms with Crippen LogP contribution < -0.4 is 20.3 Å². The van der Waals surface area contributed by atoms with Gasteiger partial charge in [-0.15, -0.1) is 0 Å². The number of rotatable bonds is 10. The fraction of sp³-hybridized carbons (Fsp3) is 0.167. The molecule has 1 aliphatic heterocycles. The van der Waals surface area contributed by atoms with Gasteiger partial charge in [-0.25, -0.2) is 9.59 Å². The lowest BCUT2D eigenvalue weighted by Gasteiger charge is -2.27. The Balaban J connectivity index is 1.60. The minimum absolute atomic E-state index is 0.150. The van der Waals surface area contributed by atoms with Crippen LogP contribution in [0.5, 0.6) is 5.75 Å². The molecule has 2 atom stereocenters. The lowest BCUT2D eigenvalue weighted by atomic mass is 10.0. The summed E-state index contributed by atoms with van der Waals surface area (Å²) in [7, 11) is 2.91. The van der Waals surface area contributed by atoms with Crippen molar-refractivity contribution in [2.75, 3.05) is 31.0 Å². The van der Waals surface area contributed by atoms with E-state index in [1.54, 1.807) is 42.6 Å². The maximum atomic E-state index is 12.3. The Kier molecular flexibility index (Phi) is 8.36. The average Bonchev–Trinajstić information content (AvgIpc) is 3.62. The van der Waals surface area contributed by atoms with E-state index in [1.165, 1.54) is 26.4 Å². The second kappa shape index (κ2) is 12.3. The molecular weight excluding hydrogens is 576 g/mol. The van der Waals surface area contributed by atoms with Crippen molar-refractivity contribution in [1.29, 1.82) is 0 Å². The maximum absolute atomic E-state index is 12.3. The molecule has 0 spiro atoms. The van der Waals surface area contributed by atoms with Gasteiger partial charge >= 0.3 is 11.9 Å². The van der Waals surface area contributed by atoms with Gasteiger partial charge in [0.2, 0.25) is 5.91 Å². The quantitative estimate of drug-likeness (QED) is 0.188. The average molecular weight is 603 g/mol. The number of carbonyl (C=O) groups excluding carboxylic acids is 1. The predicted molar refractivity (Wildman–Crippen MR) is 159 cm³/mol. The molecule has 2 aromatic heterocycles. The highest BCUT2D eigenvalue weighted by molar-refractivity contribution is 7.80. The van der Waals surface area contributed by atoms with Crippen LogP contribution in [0, 0.1) is 0 Å². The van der Waals surface area contributed by atoms with Gasteiger partial charge in [-0.2, -0.15) is 0 Å². The summed E-state index contributed by atoms with van der Waals surface area (Å²) in [5.74, 6) is -1.77. The summed E-state index contributed by atoms with van der Waals surface area (Å²) < 4.78 is 16.7. The standard InChI is InChI=1S/C30H26N4O8S/c1-40-15-25(35)32-21-14-19(6-7-23(21)41-2)34-27(26(33-30(34)43)20-5-3-4-10-31-20)24-9-8-22(42-24)16-11-17(28(36)37)13-18(12-16)29(38)39/h3-14,26-27H,15H2,1-2H3,(H,32,35)(H,33,43)(H,36,37)(H,38,39)/t26-,27-/m0/s1. The summed E-state index contributed by atoms with van der Waals surface area (Å²) in [6.45, 7) is -0.150. The summed E-state index contributed by atoms with van der Waals surface area (Å²) in [4.78, 5) is 42.0. The molecule has 12 nitrogen and oxygen atoms in total. The van der Waals surface area contributed by atoms with E-state index in [1.807, 2.05) is 17.0 Å². The van der Waals surface area contributed by atoms with Crippen LogP contribution in [0.15, 0.2) is 77.3 Å². The zero-order valence-corrected chi connectivity index (χ0v) is 23.8. The second-order valence-electron chi connectivity index (χ2n) is 9.47. The number of thiocarbonyl (C=S) groups is 1. The largest absolute Gasteiger partial charge is 0.495 e. The molecule has 1 aliphatic rings. The number of methoxy groups -OCH3 is 2. The van der Waals surface area contributed by atoms with Crippen LogP contribution in [0.25, 0.3) is 11.3 Å². The van der Waals surface area contributed by atoms with Crippen LogP contribution in [0.3, 0.4) is 0 Å². The normalized spacial score (nSPS) is 16.0. The molecule has 43 heavy (non-hydrogen) atoms. The molecule has 4 N–H and O–H groups in total. The highest BCUT2D eigenvalue weighted by Crippen LogP contribution is 2.44. The molecule has 0 unspecified atom stereocenters. The Morgan fingerprint density at radius 1 is 1.02 bits per heavy atom. The van der Waals surface area contributed by atoms with E-state index in [4.69, 9.17) is 26.1 Å². The molecule has 0 radical (unpaired) electrons. The van der Waals surface area contributed by atoms with Gasteiger partial charge in [-0.1, -0.05) is 6.07 Å². The number of pyridine rings is 1. The number of aromatic carboxylic acids is 2. The zero-order chi connectivity index (χ0) is 30.7. The molecule has 1 amide bonds. The van der Waals surface area contributed by atoms with E-state index < -0.39 is 24.0 Å². The number of carbonyl (C=O) groups is 3. The molecule has 3 heterocycles. The summed E-state index contributed by atoms with van der Waals surface area (Å²) >= 11 is 5.78. The number of carboxylic acids is 2. The van der Waals surface area contributed by atoms with Gasteiger partial charge in [-0.3, -0.25) is 9.78 Å². The maximum Gasteiger partial charge on any atom is 0.335 e. The SMILES string of the molecule is COCC(=O)Nc1cc(N2C(=S)N[C@@H](c3ccccn3)[C@@H]2c2ccc(-c3cc(C(=O)O)cc(C(=O)O)c3)o2)ccc1OC. The van der Waals surface area contributed by atoms with Crippen molar-refractivity contribution < 1.29 is 38.5 Å². The van der Waals surface area contributed by atoms with Crippen molar-refractivity contribution in [1.82, 2.24) is 10.3 Å². The number of furan rings is 1. The first-order chi connectivity index (χ1) is 20.7. The molecule has 13 heteroatoms. The van der Waals surface area contributed by atoms with Crippen molar-refractivity contribution in [3.8, 4) is 17.1 Å². The van der Waals surface area contributed by atoms with Crippen LogP contribution in [0.4, 0.5) is 11.4 Å². The Hall–Kier alpha value is -5.27. The van der Waals surface area contributed by atoms with Gasteiger partial charge in [-0.05, 0) is 72.9 Å². The molecular formula is C30H26N4O8S. The van der Waals surface area contributed by atoms with Gasteiger partial charge in [0.15, 0.2) is 5.11 Å². The Morgan fingerprint density at radius 2 is 1.77 bits per heavy atom. The Morgan fingerprint density at radius 3 is 2.40 bits per heavy atom. The lowest BCUT2D eigenvalue weighted by molar-refractivity contribution is -0.119. The van der Waals surface area contributed by atoms with Crippen molar-refractivity contribution in [3.05, 3.63) is 95.5 Å². The van der Waals surface area contributed by atoms with Crippen molar-refractivity contribution >= 4 is 46.6 Å². The molecule has 0 saturated carbocycles. The smallest absolute Gasteiger partial charge is 0.335 e. The van der Waals surface area contributed by atoms with Gasteiger partial charge in [0.1, 0.15) is 29.9 Å². The summed E-state index contributed by atoms with van der Waals surface area (Å²) in [5.41, 5.74) is 1.59. The van der Waals surface area contributed by atoms with Crippen LogP contribution >= 0.6 is 12.2 Å². The molecule has 2 aromatic carbocycles. The molecule has 5 rings (SSSR count). The van der Waals surface area contributed by atoms with Gasteiger partial charge < -0.3 is 39.6 Å². The summed E-state index contributed by atoms with van der Waals surface area (Å²) in [6.07, 6.45) is 1.66. The number of benzene rings is 2. The third-order valence-electron chi connectivity index (χ3n) is 6.74. The monoisotopic (exact) mass is 602 g/mol. The first kappa shape index (κ1) is 29.2. The van der Waals surface area contributed by atoms with Crippen molar-refractivity contribution in [2.24, 2.45) is 0 Å². The third-order valence-corrected chi connectivity index (χ3v) is 7.05. The number of carboxylic acid groups (broad SMARTS) is 2. The number of hydrogen-bond donors (Lipinski definition) is 4. The minimum atomic E-state index is -1.27. The van der Waals surface area contributed by atoms with Crippen LogP contribution in [-0.2, 0) is 9.53 Å². The second-order valence-corrected chi connectivity index (χ2v) is 9.86. The first-order valence-electron chi connectivity index (χ1n) is 12.9. The number of hydrogen-bond acceptors (Lipinski definition) is 8. The van der Waals surface area contributed by atoms with Gasteiger partial charge in [0.05, 0.1) is 35.7 Å². The fourth-order valence-corrected chi connectivity index (χ4v) is 5.21. The topological polar surface area (TPSA) is 163 Å². The third kappa shape index (κ3) is 6.03. The first-order valence-corrected chi connectivity index (χ1v) is 13.3. The van der Waals surface area contributed by atoms with E-state index in [0.29, 0.717) is 33.7 Å². The highest BCUT2D eigenvalue weighted by Gasteiger charge is 2.43. The fourth-order valence-electron chi connectivity index (χ4n) is 4.87. The molecule has 0 aliphatic carbocycles. The van der Waals surface area contributed by atoms with Crippen LogP contribution in [-0.4, -0.2) is 59.0 Å². The van der Waals surface area contributed by atoms with E-state index in [9.17, 15) is 24.6 Å². The van der Waals surface area contributed by atoms with Crippen molar-refractivity contribution in [2.45, 2.75) is 12.1 Å². The Labute approximate surface area is 250 Å². The lowest BCUT2D eigenvalue weighted by Crippen LogP contribution is -2.29. The van der Waals surface area contributed by atoms with Crippen LogP contribution in [0.2, 0.25) is 0 Å². The van der Waals surface area contributed by atoms with Gasteiger partial charge in [0.25, 0.3) is 0 Å². The van der Waals surface area contributed by atoms with E-state index in [2.05, 4.69) is 15.6 Å². The number of amides is 1. The number of ether oxygens (including phenoxy) is 2. The predicted octanol–water partition coefficient (Wildman–Crippen LogP) is 4.51. The highest BCUT2D eigenvalue weighted by atomic mass is 32.1. The molecule has 1 saturated heterocycles. The molecule has 0 bridgehead atoms. The molecule has 220 valence electrons. The minimum Gasteiger partial charge on any atom is -0.495 e. The van der Waals surface area contributed by atoms with Crippen LogP contribution in [0.1, 0.15) is 44.3 Å². The number of aromatic nitrogens is 1. The molecule has 1 fully saturated rings. The zero-order valence-electron chi connectivity index (χ0n) is 22.9. The van der Waals surface area contributed by atoms with E-state index >= 15 is 0 Å².